The van der Waals surface area contributed by atoms with Crippen molar-refractivity contribution >= 4 is 41.7 Å². The fourth-order valence-corrected chi connectivity index (χ4v) is 10.2. The zero-order valence-electron chi connectivity index (χ0n) is 12.0. The van der Waals surface area contributed by atoms with Gasteiger partial charge in [-0.25, -0.2) is 0 Å². The van der Waals surface area contributed by atoms with Crippen LogP contribution < -0.4 is 0 Å². The molecular formula is C16H11F2IO3S2. The molecule has 24 heavy (non-hydrogen) atoms. The standard InChI is InChI=1S/C16H11F2IO3S2/c17-12-6-1-3-8-14(12)19(15-9-4-2-7-13(15)18)22-24(20,21)16-10-5-11-23-16/h1-11H. The molecule has 0 unspecified atom stereocenters. The molecule has 0 radical (unpaired) electrons. The van der Waals surface area contributed by atoms with Crippen LogP contribution >= 0.6 is 31.6 Å². The van der Waals surface area contributed by atoms with Crippen molar-refractivity contribution in [2.24, 2.45) is 0 Å². The van der Waals surface area contributed by atoms with Gasteiger partial charge in [0, 0.05) is 0 Å². The van der Waals surface area contributed by atoms with Gasteiger partial charge in [0.25, 0.3) is 0 Å². The molecule has 3 aromatic rings. The summed E-state index contributed by atoms with van der Waals surface area (Å²) in [5.41, 5.74) is 0. The molecule has 0 atom stereocenters. The van der Waals surface area contributed by atoms with Gasteiger partial charge in [-0.15, -0.1) is 0 Å². The van der Waals surface area contributed by atoms with Crippen LogP contribution in [0.3, 0.4) is 0 Å². The van der Waals surface area contributed by atoms with E-state index in [0.29, 0.717) is 0 Å². The van der Waals surface area contributed by atoms with Gasteiger partial charge < -0.3 is 0 Å². The van der Waals surface area contributed by atoms with E-state index in [1.54, 1.807) is 23.6 Å². The zero-order valence-corrected chi connectivity index (χ0v) is 15.8. The number of benzene rings is 2. The van der Waals surface area contributed by atoms with Gasteiger partial charge in [-0.3, -0.25) is 0 Å². The van der Waals surface area contributed by atoms with E-state index < -0.39 is 42.0 Å². The molecule has 2 aromatic carbocycles. The van der Waals surface area contributed by atoms with Crippen LogP contribution in [0.15, 0.2) is 70.3 Å². The predicted octanol–water partition coefficient (Wildman–Crippen LogP) is 4.89. The molecule has 0 aliphatic heterocycles. The second-order valence-electron chi connectivity index (χ2n) is 4.53. The van der Waals surface area contributed by atoms with Gasteiger partial charge in [0.15, 0.2) is 0 Å². The normalized spacial score (nSPS) is 12.2. The van der Waals surface area contributed by atoms with E-state index >= 15 is 0 Å². The minimum atomic E-state index is -4.09. The average molecular weight is 480 g/mol. The van der Waals surface area contributed by atoms with Gasteiger partial charge in [0.05, 0.1) is 0 Å². The Balaban J connectivity index is 2.10. The van der Waals surface area contributed by atoms with Crippen molar-refractivity contribution in [3.63, 3.8) is 0 Å². The second kappa shape index (κ2) is 7.26. The molecule has 3 rings (SSSR count). The number of thiophene rings is 1. The molecule has 0 saturated carbocycles. The number of rotatable bonds is 5. The van der Waals surface area contributed by atoms with Crippen LogP contribution in [0.1, 0.15) is 0 Å². The average Bonchev–Trinajstić information content (AvgIpc) is 3.10. The number of hydrogen-bond donors (Lipinski definition) is 0. The maximum absolute atomic E-state index is 14.2. The van der Waals surface area contributed by atoms with Crippen molar-refractivity contribution in [1.29, 1.82) is 0 Å². The summed E-state index contributed by atoms with van der Waals surface area (Å²) in [7, 11) is -4.09. The molecule has 126 valence electrons. The van der Waals surface area contributed by atoms with E-state index in [4.69, 9.17) is 2.51 Å². The van der Waals surface area contributed by atoms with Crippen molar-refractivity contribution < 1.29 is 19.7 Å². The molecule has 0 bridgehead atoms. The van der Waals surface area contributed by atoms with Crippen molar-refractivity contribution in [2.45, 2.75) is 4.21 Å². The van der Waals surface area contributed by atoms with Gasteiger partial charge in [-0.1, -0.05) is 0 Å². The van der Waals surface area contributed by atoms with Crippen LogP contribution in [0.2, 0.25) is 0 Å². The molecule has 0 spiro atoms. The summed E-state index contributed by atoms with van der Waals surface area (Å²) in [5, 5.41) is 1.60. The van der Waals surface area contributed by atoms with Gasteiger partial charge in [-0.05, 0) is 0 Å². The van der Waals surface area contributed by atoms with Gasteiger partial charge in [0.2, 0.25) is 0 Å². The van der Waals surface area contributed by atoms with Crippen molar-refractivity contribution in [3.8, 4) is 0 Å². The monoisotopic (exact) mass is 480 g/mol. The Kier molecular flexibility index (Phi) is 5.28. The molecular weight excluding hydrogens is 469 g/mol. The zero-order chi connectivity index (χ0) is 17.2. The fourth-order valence-electron chi connectivity index (χ4n) is 1.85. The van der Waals surface area contributed by atoms with Crippen LogP contribution in [-0.2, 0) is 12.6 Å². The van der Waals surface area contributed by atoms with E-state index in [0.717, 1.165) is 11.3 Å². The van der Waals surface area contributed by atoms with E-state index in [1.165, 1.54) is 42.5 Å². The van der Waals surface area contributed by atoms with E-state index in [-0.39, 0.29) is 11.3 Å². The Morgan fingerprint density at radius 3 is 1.83 bits per heavy atom. The Morgan fingerprint density at radius 1 is 0.833 bits per heavy atom. The fraction of sp³-hybridized carbons (Fsp3) is 0. The summed E-state index contributed by atoms with van der Waals surface area (Å²) >= 11 is -2.35. The van der Waals surface area contributed by atoms with Crippen LogP contribution in [0.5, 0.6) is 0 Å². The Labute approximate surface area is 150 Å². The van der Waals surface area contributed by atoms with E-state index in [9.17, 15) is 17.2 Å². The Morgan fingerprint density at radius 2 is 1.38 bits per heavy atom. The first-order valence-electron chi connectivity index (χ1n) is 6.66. The van der Waals surface area contributed by atoms with Crippen LogP contribution in [0, 0.1) is 18.8 Å². The van der Waals surface area contributed by atoms with Gasteiger partial charge in [-0.2, -0.15) is 0 Å². The second-order valence-corrected chi connectivity index (χ2v) is 12.0. The Bertz CT molecular complexity index is 898. The summed E-state index contributed by atoms with van der Waals surface area (Å²) < 4.78 is 58.9. The summed E-state index contributed by atoms with van der Waals surface area (Å²) in [6, 6.07) is 14.4. The van der Waals surface area contributed by atoms with Crippen molar-refractivity contribution in [3.05, 3.63) is 84.8 Å². The third-order valence-corrected chi connectivity index (χ3v) is 11.7. The van der Waals surface area contributed by atoms with E-state index in [1.807, 2.05) is 0 Å². The molecule has 0 amide bonds. The van der Waals surface area contributed by atoms with Crippen molar-refractivity contribution in [2.75, 3.05) is 0 Å². The molecule has 8 heteroatoms. The first-order chi connectivity index (χ1) is 11.5. The van der Waals surface area contributed by atoms with Gasteiger partial charge >= 0.3 is 150 Å². The number of hydrogen-bond acceptors (Lipinski definition) is 4. The number of halogens is 3. The summed E-state index contributed by atoms with van der Waals surface area (Å²) in [6.07, 6.45) is 0. The van der Waals surface area contributed by atoms with Gasteiger partial charge in [0.1, 0.15) is 0 Å². The quantitative estimate of drug-likeness (QED) is 0.489. The first kappa shape index (κ1) is 17.5. The topological polar surface area (TPSA) is 43.4 Å². The summed E-state index contributed by atoms with van der Waals surface area (Å²) in [4.78, 5) is 0. The summed E-state index contributed by atoms with van der Waals surface area (Å²) in [5.74, 6) is -1.21. The molecule has 3 nitrogen and oxygen atoms in total. The predicted molar refractivity (Wildman–Crippen MR) is 96.8 cm³/mol. The molecule has 1 aromatic heterocycles. The third-order valence-electron chi connectivity index (χ3n) is 2.91. The third kappa shape index (κ3) is 3.66. The minimum absolute atomic E-state index is 0.0116. The van der Waals surface area contributed by atoms with Crippen LogP contribution in [0.4, 0.5) is 8.78 Å². The molecule has 0 aliphatic carbocycles. The van der Waals surface area contributed by atoms with Crippen LogP contribution in [0.25, 0.3) is 0 Å². The maximum atomic E-state index is 14.2. The Hall–Kier alpha value is -1.36. The first-order valence-corrected chi connectivity index (χ1v) is 12.0. The van der Waals surface area contributed by atoms with Crippen molar-refractivity contribution in [1.82, 2.24) is 0 Å². The molecule has 0 N–H and O–H groups in total. The SMILES string of the molecule is O=S(=O)(OI(c1ccccc1F)c1ccccc1F)c1cccs1. The molecule has 0 aliphatic rings. The van der Waals surface area contributed by atoms with E-state index in [2.05, 4.69) is 0 Å². The molecule has 1 heterocycles. The summed E-state index contributed by atoms with van der Waals surface area (Å²) in [6.45, 7) is 0. The van der Waals surface area contributed by atoms with Crippen LogP contribution in [-0.4, -0.2) is 8.42 Å². The molecule has 0 saturated heterocycles. The molecule has 0 fully saturated rings.